The molecule has 3 rings (SSSR count). The summed E-state index contributed by atoms with van der Waals surface area (Å²) in [5.41, 5.74) is 0.178. The van der Waals surface area contributed by atoms with E-state index in [-0.39, 0.29) is 10.8 Å². The van der Waals surface area contributed by atoms with Crippen molar-refractivity contribution in [2.24, 2.45) is 0 Å². The number of thiophene rings is 1. The fraction of sp³-hybridized carbons (Fsp3) is 0. The first-order chi connectivity index (χ1) is 11.5. The van der Waals surface area contributed by atoms with Crippen LogP contribution in [0.1, 0.15) is 9.67 Å². The number of carbonyl (C=O) groups is 1. The first kappa shape index (κ1) is 17.1. The number of nitrogens with one attached hydrogen (secondary N) is 2. The summed E-state index contributed by atoms with van der Waals surface area (Å²) in [7, 11) is 0. The molecule has 0 aliphatic carbocycles. The Bertz CT molecular complexity index is 958. The van der Waals surface area contributed by atoms with Gasteiger partial charge in [0.1, 0.15) is 10.7 Å². The largest absolute Gasteiger partial charge is 0.330 e. The van der Waals surface area contributed by atoms with Gasteiger partial charge in [0.15, 0.2) is 5.11 Å². The van der Waals surface area contributed by atoms with Crippen molar-refractivity contribution in [2.45, 2.75) is 0 Å². The Morgan fingerprint density at radius 2 is 1.92 bits per heavy atom. The second-order valence-corrected chi connectivity index (χ2v) is 7.05. The predicted octanol–water partition coefficient (Wildman–Crippen LogP) is 5.47. The van der Waals surface area contributed by atoms with Crippen molar-refractivity contribution in [1.29, 1.82) is 0 Å². The molecule has 8 heteroatoms. The minimum absolute atomic E-state index is 0.0170. The van der Waals surface area contributed by atoms with Crippen LogP contribution in [0, 0.1) is 5.82 Å². The van der Waals surface area contributed by atoms with E-state index in [9.17, 15) is 9.18 Å². The molecule has 0 fully saturated rings. The Kier molecular flexibility index (Phi) is 5.01. The lowest BCUT2D eigenvalue weighted by Crippen LogP contribution is -2.34. The molecule has 0 bridgehead atoms. The maximum Gasteiger partial charge on any atom is 0.269 e. The van der Waals surface area contributed by atoms with E-state index in [4.69, 9.17) is 35.4 Å². The number of carbonyl (C=O) groups excluding carboxylic acids is 1. The van der Waals surface area contributed by atoms with Gasteiger partial charge >= 0.3 is 0 Å². The van der Waals surface area contributed by atoms with Gasteiger partial charge in [-0.3, -0.25) is 10.1 Å². The van der Waals surface area contributed by atoms with Crippen LogP contribution in [-0.2, 0) is 0 Å². The molecule has 2 aromatic carbocycles. The van der Waals surface area contributed by atoms with Gasteiger partial charge < -0.3 is 5.32 Å². The molecule has 0 aliphatic rings. The van der Waals surface area contributed by atoms with Gasteiger partial charge in [0, 0.05) is 15.1 Å². The van der Waals surface area contributed by atoms with Gasteiger partial charge in [-0.05, 0) is 36.5 Å². The summed E-state index contributed by atoms with van der Waals surface area (Å²) in [5.74, 6) is -0.935. The third-order valence-electron chi connectivity index (χ3n) is 3.15. The second-order valence-electron chi connectivity index (χ2n) is 4.77. The van der Waals surface area contributed by atoms with Gasteiger partial charge in [0.05, 0.1) is 10.7 Å². The van der Waals surface area contributed by atoms with Crippen LogP contribution >= 0.6 is 46.8 Å². The summed E-state index contributed by atoms with van der Waals surface area (Å²) >= 11 is 18.5. The van der Waals surface area contributed by atoms with Crippen LogP contribution < -0.4 is 10.6 Å². The van der Waals surface area contributed by atoms with Gasteiger partial charge in [-0.2, -0.15) is 0 Å². The van der Waals surface area contributed by atoms with Crippen molar-refractivity contribution < 1.29 is 9.18 Å². The van der Waals surface area contributed by atoms with Crippen LogP contribution in [0.5, 0.6) is 0 Å². The number of benzene rings is 2. The number of anilines is 1. The van der Waals surface area contributed by atoms with Crippen LogP contribution in [0.15, 0.2) is 42.5 Å². The SMILES string of the molecule is O=C(NC(=S)Nc1ccccc1F)c1sc2cc(Cl)ccc2c1Cl. The van der Waals surface area contributed by atoms with Crippen molar-refractivity contribution in [3.05, 3.63) is 63.2 Å². The number of hydrogen-bond donors (Lipinski definition) is 2. The summed E-state index contributed by atoms with van der Waals surface area (Å²) in [6.45, 7) is 0. The smallest absolute Gasteiger partial charge is 0.269 e. The summed E-state index contributed by atoms with van der Waals surface area (Å²) in [5, 5.41) is 6.75. The topological polar surface area (TPSA) is 41.1 Å². The average Bonchev–Trinajstić information content (AvgIpc) is 2.86. The van der Waals surface area contributed by atoms with E-state index in [1.807, 2.05) is 0 Å². The third kappa shape index (κ3) is 3.52. The Labute approximate surface area is 156 Å². The quantitative estimate of drug-likeness (QED) is 0.561. The van der Waals surface area contributed by atoms with Crippen LogP contribution in [0.4, 0.5) is 10.1 Å². The summed E-state index contributed by atoms with van der Waals surface area (Å²) in [6, 6.07) is 11.2. The van der Waals surface area contributed by atoms with Gasteiger partial charge in [-0.1, -0.05) is 41.4 Å². The number of amides is 1. The van der Waals surface area contributed by atoms with Crippen LogP contribution in [0.3, 0.4) is 0 Å². The fourth-order valence-corrected chi connectivity index (χ4v) is 3.95. The lowest BCUT2D eigenvalue weighted by atomic mass is 10.2. The summed E-state index contributed by atoms with van der Waals surface area (Å²) in [6.07, 6.45) is 0. The van der Waals surface area contributed by atoms with E-state index in [0.717, 1.165) is 10.1 Å². The molecule has 0 saturated heterocycles. The molecule has 3 nitrogen and oxygen atoms in total. The van der Waals surface area contributed by atoms with E-state index in [1.54, 1.807) is 30.3 Å². The molecule has 0 saturated carbocycles. The highest BCUT2D eigenvalue weighted by molar-refractivity contribution is 7.80. The van der Waals surface area contributed by atoms with Crippen molar-refractivity contribution in [2.75, 3.05) is 5.32 Å². The molecule has 2 N–H and O–H groups in total. The van der Waals surface area contributed by atoms with E-state index >= 15 is 0 Å². The van der Waals surface area contributed by atoms with Crippen molar-refractivity contribution in [3.63, 3.8) is 0 Å². The molecule has 1 heterocycles. The molecule has 1 amide bonds. The lowest BCUT2D eigenvalue weighted by molar-refractivity contribution is 0.0982. The standard InChI is InChI=1S/C16H9Cl2FN2OS2/c17-8-5-6-9-12(7-8)24-14(13(9)18)15(22)21-16(23)20-11-4-2-1-3-10(11)19/h1-7H,(H2,20,21,22,23). The monoisotopic (exact) mass is 398 g/mol. The Hall–Kier alpha value is -1.73. The number of fused-ring (bicyclic) bond motifs is 1. The van der Waals surface area contributed by atoms with Gasteiger partial charge in [0.25, 0.3) is 5.91 Å². The maximum atomic E-state index is 13.6. The van der Waals surface area contributed by atoms with Crippen molar-refractivity contribution in [3.8, 4) is 0 Å². The number of thiocarbonyl (C=S) groups is 1. The number of rotatable bonds is 2. The van der Waals surface area contributed by atoms with Gasteiger partial charge in [-0.25, -0.2) is 4.39 Å². The molecule has 122 valence electrons. The molecule has 0 aliphatic heterocycles. The molecule has 0 radical (unpaired) electrons. The van der Waals surface area contributed by atoms with Crippen molar-refractivity contribution >= 4 is 73.5 Å². The highest BCUT2D eigenvalue weighted by Crippen LogP contribution is 2.36. The number of halogens is 3. The van der Waals surface area contributed by atoms with Crippen molar-refractivity contribution in [1.82, 2.24) is 5.32 Å². The minimum atomic E-state index is -0.469. The third-order valence-corrected chi connectivity index (χ3v) is 5.24. The van der Waals surface area contributed by atoms with Gasteiger partial charge in [-0.15, -0.1) is 11.3 Å². The van der Waals surface area contributed by atoms with Crippen LogP contribution in [0.2, 0.25) is 10.0 Å². The van der Waals surface area contributed by atoms with Gasteiger partial charge in [0.2, 0.25) is 0 Å². The lowest BCUT2D eigenvalue weighted by Gasteiger charge is -2.09. The molecule has 0 atom stereocenters. The maximum absolute atomic E-state index is 13.6. The Morgan fingerprint density at radius 3 is 2.67 bits per heavy atom. The highest BCUT2D eigenvalue weighted by Gasteiger charge is 2.18. The molecule has 0 unspecified atom stereocenters. The number of hydrogen-bond acceptors (Lipinski definition) is 3. The first-order valence-corrected chi connectivity index (χ1v) is 8.68. The average molecular weight is 399 g/mol. The van der Waals surface area contributed by atoms with Crippen LogP contribution in [0.25, 0.3) is 10.1 Å². The zero-order valence-electron chi connectivity index (χ0n) is 11.9. The highest BCUT2D eigenvalue weighted by atomic mass is 35.5. The Morgan fingerprint density at radius 1 is 1.17 bits per heavy atom. The van der Waals surface area contributed by atoms with E-state index in [0.29, 0.717) is 14.9 Å². The molecular formula is C16H9Cl2FN2OS2. The van der Waals surface area contributed by atoms with E-state index < -0.39 is 11.7 Å². The van der Waals surface area contributed by atoms with E-state index in [2.05, 4.69) is 10.6 Å². The second kappa shape index (κ2) is 7.03. The zero-order chi connectivity index (χ0) is 17.3. The molecule has 1 aromatic heterocycles. The fourth-order valence-electron chi connectivity index (χ4n) is 2.06. The van der Waals surface area contributed by atoms with E-state index in [1.165, 1.54) is 23.5 Å². The summed E-state index contributed by atoms with van der Waals surface area (Å²) in [4.78, 5) is 12.7. The van der Waals surface area contributed by atoms with Crippen LogP contribution in [-0.4, -0.2) is 11.0 Å². The number of para-hydroxylation sites is 1. The molecule has 3 aromatic rings. The molecular weight excluding hydrogens is 390 g/mol. The first-order valence-electron chi connectivity index (χ1n) is 6.70. The zero-order valence-corrected chi connectivity index (χ0v) is 15.0. The molecule has 24 heavy (non-hydrogen) atoms. The Balaban J connectivity index is 1.79. The predicted molar refractivity (Wildman–Crippen MR) is 102 cm³/mol. The summed E-state index contributed by atoms with van der Waals surface area (Å²) < 4.78 is 14.4. The minimum Gasteiger partial charge on any atom is -0.330 e. The normalized spacial score (nSPS) is 10.6. The molecule has 0 spiro atoms.